The number of piperidine rings is 1. The first-order valence-corrected chi connectivity index (χ1v) is 14.3. The Hall–Kier alpha value is -3.04. The predicted molar refractivity (Wildman–Crippen MR) is 152 cm³/mol. The molecule has 2 saturated heterocycles. The molecule has 0 unspecified atom stereocenters. The molecule has 3 aromatic heterocycles. The highest BCUT2D eigenvalue weighted by Crippen LogP contribution is 2.33. The van der Waals surface area contributed by atoms with Crippen LogP contribution >= 0.6 is 0 Å². The second-order valence-electron chi connectivity index (χ2n) is 11.3. The molecule has 1 N–H and O–H groups in total. The van der Waals surface area contributed by atoms with Gasteiger partial charge in [0.1, 0.15) is 6.10 Å². The Morgan fingerprint density at radius 3 is 2.67 bits per heavy atom. The lowest BCUT2D eigenvalue weighted by Crippen LogP contribution is -2.55. The van der Waals surface area contributed by atoms with E-state index in [-0.39, 0.29) is 11.7 Å². The molecule has 3 aliphatic rings. The molecule has 1 saturated carbocycles. The monoisotopic (exact) mass is 527 g/mol. The van der Waals surface area contributed by atoms with Gasteiger partial charge in [0, 0.05) is 99.1 Å². The van der Waals surface area contributed by atoms with Gasteiger partial charge in [-0.05, 0) is 36.6 Å². The Morgan fingerprint density at radius 2 is 1.87 bits per heavy atom. The van der Waals surface area contributed by atoms with Crippen molar-refractivity contribution in [1.82, 2.24) is 24.8 Å². The van der Waals surface area contributed by atoms with Crippen molar-refractivity contribution in [1.29, 1.82) is 0 Å². The average molecular weight is 528 g/mol. The Balaban J connectivity index is 0.872. The highest BCUT2D eigenvalue weighted by Gasteiger charge is 2.37. The molecule has 1 spiro atoms. The summed E-state index contributed by atoms with van der Waals surface area (Å²) in [5.74, 6) is 0.681. The molecule has 1 aliphatic carbocycles. The van der Waals surface area contributed by atoms with E-state index in [9.17, 15) is 0 Å². The largest absolute Gasteiger partial charge is 0.474 e. The van der Waals surface area contributed by atoms with Gasteiger partial charge in [-0.3, -0.25) is 4.98 Å². The molecule has 0 amide bonds. The van der Waals surface area contributed by atoms with E-state index in [1.54, 1.807) is 0 Å². The summed E-state index contributed by atoms with van der Waals surface area (Å²) in [4.78, 5) is 11.4. The van der Waals surface area contributed by atoms with Crippen LogP contribution in [0.3, 0.4) is 0 Å². The smallest absolute Gasteiger partial charge is 0.213 e. The maximum atomic E-state index is 6.14. The number of likely N-dealkylation sites (tertiary alicyclic amines) is 1. The van der Waals surface area contributed by atoms with Gasteiger partial charge in [-0.2, -0.15) is 0 Å². The van der Waals surface area contributed by atoms with Crippen LogP contribution in [0.15, 0.2) is 55.0 Å². The molecule has 3 fully saturated rings. The molecule has 8 nitrogen and oxygen atoms in total. The van der Waals surface area contributed by atoms with Crippen LogP contribution in [0.4, 0.5) is 0 Å². The number of morpholine rings is 1. The van der Waals surface area contributed by atoms with Crippen molar-refractivity contribution in [3.63, 3.8) is 0 Å². The van der Waals surface area contributed by atoms with Crippen molar-refractivity contribution in [2.45, 2.75) is 43.5 Å². The minimum atomic E-state index is 0.0721. The fraction of sp³-hybridized carbons (Fsp3) is 0.484. The number of nitrogens with one attached hydrogen (secondary N) is 1. The first-order valence-electron chi connectivity index (χ1n) is 14.3. The van der Waals surface area contributed by atoms with Gasteiger partial charge in [0.25, 0.3) is 0 Å². The summed E-state index contributed by atoms with van der Waals surface area (Å²) >= 11 is 0. The first kappa shape index (κ1) is 25.0. The van der Waals surface area contributed by atoms with Crippen LogP contribution in [-0.4, -0.2) is 83.2 Å². The van der Waals surface area contributed by atoms with Gasteiger partial charge >= 0.3 is 0 Å². The minimum Gasteiger partial charge on any atom is -0.474 e. The summed E-state index contributed by atoms with van der Waals surface area (Å²) < 4.78 is 20.6. The standard InChI is InChI=1S/C31H37N5O3/c1-35-28-6-9-32-20-27(28)26-4-2-22(16-29(26)35)23-3-5-30(34-19-23)39-25-17-24(18-25)37-15-13-36-11-7-31(8-12-36)21-33-10-14-38-31/h2-6,9,16,19-20,24-25,33H,7-8,10-15,17-18,21H2,1H3. The van der Waals surface area contributed by atoms with Gasteiger partial charge in [-0.25, -0.2) is 4.98 Å². The second kappa shape index (κ2) is 10.5. The van der Waals surface area contributed by atoms with Gasteiger partial charge in [-0.15, -0.1) is 0 Å². The third-order valence-electron chi connectivity index (χ3n) is 8.88. The third kappa shape index (κ3) is 5.02. The molecule has 7 rings (SSSR count). The number of hydrogen-bond acceptors (Lipinski definition) is 7. The number of pyridine rings is 2. The highest BCUT2D eigenvalue weighted by atomic mass is 16.5. The lowest BCUT2D eigenvalue weighted by molar-refractivity contribution is -0.106. The van der Waals surface area contributed by atoms with Crippen molar-refractivity contribution in [2.24, 2.45) is 7.05 Å². The molecule has 1 aromatic carbocycles. The number of fused-ring (bicyclic) bond motifs is 3. The number of hydrogen-bond donors (Lipinski definition) is 1. The van der Waals surface area contributed by atoms with Crippen molar-refractivity contribution < 1.29 is 14.2 Å². The average Bonchev–Trinajstić information content (AvgIpc) is 3.25. The second-order valence-corrected chi connectivity index (χ2v) is 11.3. The number of aromatic nitrogens is 3. The summed E-state index contributed by atoms with van der Waals surface area (Å²) in [6.07, 6.45) is 10.2. The number of ether oxygens (including phenoxy) is 3. The SMILES string of the molecule is Cn1c2ccncc2c2ccc(-c3ccc(OC4CC(OCCN5CCC6(CC5)CNCCO6)C4)nc3)cc21. The minimum absolute atomic E-state index is 0.0721. The molecule has 4 aromatic rings. The molecule has 0 bridgehead atoms. The quantitative estimate of drug-likeness (QED) is 0.387. The zero-order valence-electron chi connectivity index (χ0n) is 22.6. The maximum absolute atomic E-state index is 6.14. The van der Waals surface area contributed by atoms with Gasteiger partial charge < -0.3 is 29.0 Å². The van der Waals surface area contributed by atoms with Gasteiger partial charge in [0.15, 0.2) is 0 Å². The van der Waals surface area contributed by atoms with E-state index >= 15 is 0 Å². The van der Waals surface area contributed by atoms with Crippen LogP contribution in [0.1, 0.15) is 25.7 Å². The molecular formula is C31H37N5O3. The van der Waals surface area contributed by atoms with E-state index in [2.05, 4.69) is 62.1 Å². The normalized spacial score (nSPS) is 23.3. The number of nitrogens with zero attached hydrogens (tertiary/aromatic N) is 4. The van der Waals surface area contributed by atoms with Gasteiger partial charge in [-0.1, -0.05) is 12.1 Å². The molecule has 39 heavy (non-hydrogen) atoms. The molecular weight excluding hydrogens is 490 g/mol. The number of benzene rings is 1. The lowest BCUT2D eigenvalue weighted by Gasteiger charge is -2.44. The van der Waals surface area contributed by atoms with Gasteiger partial charge in [0.05, 0.1) is 30.4 Å². The molecule has 8 heteroatoms. The van der Waals surface area contributed by atoms with Crippen molar-refractivity contribution >= 4 is 21.8 Å². The van der Waals surface area contributed by atoms with E-state index in [0.717, 1.165) is 82.7 Å². The van der Waals surface area contributed by atoms with Crippen LogP contribution in [0.25, 0.3) is 32.9 Å². The van der Waals surface area contributed by atoms with Crippen molar-refractivity contribution in [3.8, 4) is 17.0 Å². The zero-order chi connectivity index (χ0) is 26.2. The van der Waals surface area contributed by atoms with Crippen LogP contribution in [0.5, 0.6) is 5.88 Å². The van der Waals surface area contributed by atoms with Crippen LogP contribution in [0.2, 0.25) is 0 Å². The van der Waals surface area contributed by atoms with Crippen LogP contribution in [-0.2, 0) is 16.5 Å². The number of rotatable bonds is 7. The number of aryl methyl sites for hydroxylation is 1. The molecule has 2 aliphatic heterocycles. The third-order valence-corrected chi connectivity index (χ3v) is 8.88. The Labute approximate surface area is 229 Å². The zero-order valence-corrected chi connectivity index (χ0v) is 22.6. The van der Waals surface area contributed by atoms with Gasteiger partial charge in [0.2, 0.25) is 5.88 Å². The molecule has 0 atom stereocenters. The van der Waals surface area contributed by atoms with Crippen molar-refractivity contribution in [2.75, 3.05) is 45.9 Å². The van der Waals surface area contributed by atoms with Crippen LogP contribution in [0, 0.1) is 0 Å². The van der Waals surface area contributed by atoms with Crippen molar-refractivity contribution in [3.05, 3.63) is 55.0 Å². The summed E-state index contributed by atoms with van der Waals surface area (Å²) in [6.45, 7) is 6.79. The summed E-state index contributed by atoms with van der Waals surface area (Å²) in [7, 11) is 2.10. The fourth-order valence-corrected chi connectivity index (χ4v) is 6.34. The predicted octanol–water partition coefficient (Wildman–Crippen LogP) is 4.17. The molecule has 0 radical (unpaired) electrons. The Bertz CT molecular complexity index is 1430. The van der Waals surface area contributed by atoms with E-state index < -0.39 is 0 Å². The van der Waals surface area contributed by atoms with E-state index in [1.807, 2.05) is 24.7 Å². The lowest BCUT2D eigenvalue weighted by atomic mass is 9.90. The fourth-order valence-electron chi connectivity index (χ4n) is 6.34. The Morgan fingerprint density at radius 1 is 1.00 bits per heavy atom. The van der Waals surface area contributed by atoms with E-state index in [0.29, 0.717) is 12.0 Å². The summed E-state index contributed by atoms with van der Waals surface area (Å²) in [5.41, 5.74) is 4.68. The summed E-state index contributed by atoms with van der Waals surface area (Å²) in [5, 5.41) is 5.89. The Kier molecular flexibility index (Phi) is 6.72. The molecule has 204 valence electrons. The maximum Gasteiger partial charge on any atom is 0.213 e. The first-order chi connectivity index (χ1) is 19.2. The molecule has 5 heterocycles. The van der Waals surface area contributed by atoms with Crippen LogP contribution < -0.4 is 10.1 Å². The highest BCUT2D eigenvalue weighted by molar-refractivity contribution is 6.08. The summed E-state index contributed by atoms with van der Waals surface area (Å²) in [6, 6.07) is 12.7. The topological polar surface area (TPSA) is 73.7 Å². The van der Waals surface area contributed by atoms with E-state index in [1.165, 1.54) is 21.8 Å². The van der Waals surface area contributed by atoms with E-state index in [4.69, 9.17) is 14.2 Å².